The van der Waals surface area contributed by atoms with Crippen molar-refractivity contribution in [3.63, 3.8) is 0 Å². The van der Waals surface area contributed by atoms with Crippen molar-refractivity contribution in [1.29, 1.82) is 0 Å². The first kappa shape index (κ1) is 18.7. The van der Waals surface area contributed by atoms with Gasteiger partial charge in [-0.2, -0.15) is 0 Å². The second-order valence-electron chi connectivity index (χ2n) is 8.81. The lowest BCUT2D eigenvalue weighted by Gasteiger charge is -2.35. The molecule has 1 aliphatic rings. The Bertz CT molecular complexity index is 750. The SMILES string of the molecule is C[C@@H](CC1CCC(C)(C)CC1)c1ccc(-c2cccc(C(N)=O)c2)cc1. The highest BCUT2D eigenvalue weighted by Crippen LogP contribution is 2.41. The zero-order chi connectivity index (χ0) is 18.7. The molecule has 2 nitrogen and oxygen atoms in total. The van der Waals surface area contributed by atoms with Crippen molar-refractivity contribution in [2.75, 3.05) is 0 Å². The van der Waals surface area contributed by atoms with Crippen molar-refractivity contribution < 1.29 is 4.79 Å². The molecule has 26 heavy (non-hydrogen) atoms. The lowest BCUT2D eigenvalue weighted by molar-refractivity contribution is 0.100. The van der Waals surface area contributed by atoms with Crippen LogP contribution in [0.3, 0.4) is 0 Å². The van der Waals surface area contributed by atoms with Gasteiger partial charge in [0.1, 0.15) is 0 Å². The predicted octanol–water partition coefficient (Wildman–Crippen LogP) is 6.16. The summed E-state index contributed by atoms with van der Waals surface area (Å²) in [5, 5.41) is 0. The molecule has 1 amide bonds. The van der Waals surface area contributed by atoms with Gasteiger partial charge in [0.2, 0.25) is 5.91 Å². The van der Waals surface area contributed by atoms with Crippen LogP contribution in [-0.4, -0.2) is 5.91 Å². The molecule has 0 radical (unpaired) electrons. The van der Waals surface area contributed by atoms with Gasteiger partial charge in [-0.3, -0.25) is 4.79 Å². The second kappa shape index (κ2) is 7.65. The number of hydrogen-bond donors (Lipinski definition) is 1. The molecule has 2 N–H and O–H groups in total. The number of carbonyl (C=O) groups excluding carboxylic acids is 1. The monoisotopic (exact) mass is 349 g/mol. The van der Waals surface area contributed by atoms with Crippen LogP contribution in [-0.2, 0) is 0 Å². The quantitative estimate of drug-likeness (QED) is 0.690. The number of primary amides is 1. The van der Waals surface area contributed by atoms with E-state index in [1.54, 1.807) is 6.07 Å². The Morgan fingerprint density at radius 1 is 1.08 bits per heavy atom. The molecule has 1 aliphatic carbocycles. The van der Waals surface area contributed by atoms with E-state index in [-0.39, 0.29) is 5.91 Å². The topological polar surface area (TPSA) is 43.1 Å². The third-order valence-corrected chi connectivity index (χ3v) is 6.11. The van der Waals surface area contributed by atoms with E-state index in [2.05, 4.69) is 45.0 Å². The van der Waals surface area contributed by atoms with Gasteiger partial charge in [0.05, 0.1) is 0 Å². The molecule has 0 aromatic heterocycles. The molecule has 3 rings (SSSR count). The minimum absolute atomic E-state index is 0.382. The Balaban J connectivity index is 1.65. The molecule has 2 heteroatoms. The lowest BCUT2D eigenvalue weighted by Crippen LogP contribution is -2.22. The van der Waals surface area contributed by atoms with Gasteiger partial charge in [0, 0.05) is 5.56 Å². The molecule has 0 saturated heterocycles. The van der Waals surface area contributed by atoms with E-state index in [9.17, 15) is 4.79 Å². The minimum atomic E-state index is -0.382. The van der Waals surface area contributed by atoms with Crippen LogP contribution in [0, 0.1) is 11.3 Å². The minimum Gasteiger partial charge on any atom is -0.366 e. The molecule has 0 spiro atoms. The highest BCUT2D eigenvalue weighted by molar-refractivity contribution is 5.94. The zero-order valence-corrected chi connectivity index (χ0v) is 16.3. The summed E-state index contributed by atoms with van der Waals surface area (Å²) in [6.07, 6.45) is 6.75. The standard InChI is InChI=1S/C24H31NO/c1-17(15-18-11-13-24(2,3)14-12-18)19-7-9-20(10-8-19)21-5-4-6-22(16-21)23(25)26/h4-10,16-18H,11-15H2,1-3H3,(H2,25,26)/t17-/m0/s1. The van der Waals surface area contributed by atoms with Crippen molar-refractivity contribution >= 4 is 5.91 Å². The summed E-state index contributed by atoms with van der Waals surface area (Å²) >= 11 is 0. The van der Waals surface area contributed by atoms with Crippen molar-refractivity contribution in [2.24, 2.45) is 17.1 Å². The van der Waals surface area contributed by atoms with Crippen molar-refractivity contribution in [3.8, 4) is 11.1 Å². The van der Waals surface area contributed by atoms with Gasteiger partial charge in [0.15, 0.2) is 0 Å². The van der Waals surface area contributed by atoms with Crippen LogP contribution >= 0.6 is 0 Å². The van der Waals surface area contributed by atoms with Gasteiger partial charge in [0.25, 0.3) is 0 Å². The van der Waals surface area contributed by atoms with Crippen LogP contribution in [0.5, 0.6) is 0 Å². The molecular formula is C24H31NO. The molecule has 2 aromatic rings. The normalized spacial score (nSPS) is 18.4. The predicted molar refractivity (Wildman–Crippen MR) is 109 cm³/mol. The number of nitrogens with two attached hydrogens (primary N) is 1. The Morgan fingerprint density at radius 3 is 2.35 bits per heavy atom. The van der Waals surface area contributed by atoms with Gasteiger partial charge < -0.3 is 5.73 Å². The molecular weight excluding hydrogens is 318 g/mol. The Morgan fingerprint density at radius 2 is 1.73 bits per heavy atom. The third kappa shape index (κ3) is 4.55. The lowest BCUT2D eigenvalue weighted by atomic mass is 9.71. The van der Waals surface area contributed by atoms with E-state index in [1.165, 1.54) is 37.7 Å². The Labute approximate surface area is 157 Å². The van der Waals surface area contributed by atoms with Crippen molar-refractivity contribution in [2.45, 2.75) is 58.8 Å². The van der Waals surface area contributed by atoms with Crippen LogP contribution < -0.4 is 5.73 Å². The largest absolute Gasteiger partial charge is 0.366 e. The molecule has 138 valence electrons. The van der Waals surface area contributed by atoms with E-state index in [4.69, 9.17) is 5.73 Å². The molecule has 1 saturated carbocycles. The summed E-state index contributed by atoms with van der Waals surface area (Å²) < 4.78 is 0. The van der Waals surface area contributed by atoms with E-state index < -0.39 is 0 Å². The molecule has 1 fully saturated rings. The fraction of sp³-hybridized carbons (Fsp3) is 0.458. The maximum atomic E-state index is 11.4. The van der Waals surface area contributed by atoms with Crippen LogP contribution in [0.4, 0.5) is 0 Å². The van der Waals surface area contributed by atoms with E-state index in [0.29, 0.717) is 16.9 Å². The summed E-state index contributed by atoms with van der Waals surface area (Å²) in [7, 11) is 0. The smallest absolute Gasteiger partial charge is 0.248 e. The van der Waals surface area contributed by atoms with Gasteiger partial charge in [-0.05, 0) is 78.2 Å². The number of benzene rings is 2. The average molecular weight is 350 g/mol. The maximum Gasteiger partial charge on any atom is 0.248 e. The molecule has 1 atom stereocenters. The fourth-order valence-electron chi connectivity index (χ4n) is 4.19. The first-order valence-electron chi connectivity index (χ1n) is 9.84. The second-order valence-corrected chi connectivity index (χ2v) is 8.81. The average Bonchev–Trinajstić information content (AvgIpc) is 2.63. The first-order chi connectivity index (χ1) is 12.3. The zero-order valence-electron chi connectivity index (χ0n) is 16.3. The van der Waals surface area contributed by atoms with Crippen LogP contribution in [0.15, 0.2) is 48.5 Å². The van der Waals surface area contributed by atoms with Crippen molar-refractivity contribution in [3.05, 3.63) is 59.7 Å². The molecule has 2 aromatic carbocycles. The summed E-state index contributed by atoms with van der Waals surface area (Å²) in [4.78, 5) is 11.4. The van der Waals surface area contributed by atoms with Gasteiger partial charge >= 0.3 is 0 Å². The van der Waals surface area contributed by atoms with Crippen LogP contribution in [0.1, 0.15) is 74.7 Å². The summed E-state index contributed by atoms with van der Waals surface area (Å²) in [5.41, 5.74) is 10.1. The van der Waals surface area contributed by atoms with Gasteiger partial charge in [-0.25, -0.2) is 0 Å². The molecule has 0 unspecified atom stereocenters. The van der Waals surface area contributed by atoms with E-state index >= 15 is 0 Å². The van der Waals surface area contributed by atoms with Gasteiger partial charge in [-0.1, -0.05) is 57.2 Å². The summed E-state index contributed by atoms with van der Waals surface area (Å²) in [6, 6.07) is 16.3. The van der Waals surface area contributed by atoms with Gasteiger partial charge in [-0.15, -0.1) is 0 Å². The Hall–Kier alpha value is -2.09. The summed E-state index contributed by atoms with van der Waals surface area (Å²) in [6.45, 7) is 7.15. The third-order valence-electron chi connectivity index (χ3n) is 6.11. The fourth-order valence-corrected chi connectivity index (χ4v) is 4.19. The van der Waals surface area contributed by atoms with E-state index in [0.717, 1.165) is 17.0 Å². The van der Waals surface area contributed by atoms with E-state index in [1.807, 2.05) is 18.2 Å². The molecule has 0 aliphatic heterocycles. The Kier molecular flexibility index (Phi) is 5.50. The maximum absolute atomic E-state index is 11.4. The molecule has 0 bridgehead atoms. The summed E-state index contributed by atoms with van der Waals surface area (Å²) in [5.74, 6) is 1.07. The number of hydrogen-bond acceptors (Lipinski definition) is 1. The first-order valence-corrected chi connectivity index (χ1v) is 9.84. The highest BCUT2D eigenvalue weighted by Gasteiger charge is 2.27. The number of rotatable bonds is 5. The van der Waals surface area contributed by atoms with Crippen LogP contribution in [0.2, 0.25) is 0 Å². The number of amides is 1. The van der Waals surface area contributed by atoms with Crippen LogP contribution in [0.25, 0.3) is 11.1 Å². The highest BCUT2D eigenvalue weighted by atomic mass is 16.1. The molecule has 0 heterocycles. The number of carbonyl (C=O) groups is 1. The van der Waals surface area contributed by atoms with Crippen molar-refractivity contribution in [1.82, 2.24) is 0 Å².